The number of pyridine rings is 1. The number of benzene rings is 2. The lowest BCUT2D eigenvalue weighted by Gasteiger charge is -2.18. The van der Waals surface area contributed by atoms with Crippen LogP contribution < -0.4 is 13.7 Å². The van der Waals surface area contributed by atoms with E-state index in [4.69, 9.17) is 18.4 Å². The summed E-state index contributed by atoms with van der Waals surface area (Å²) < 4.78 is 46.6. The molecule has 0 bridgehead atoms. The Morgan fingerprint density at radius 3 is 2.31 bits per heavy atom. The lowest BCUT2D eigenvalue weighted by atomic mass is 9.92. The molecule has 188 valence electrons. The molecule has 0 radical (unpaired) electrons. The molecular formula is C27H27NO7S. The van der Waals surface area contributed by atoms with Gasteiger partial charge < -0.3 is 18.4 Å². The monoisotopic (exact) mass is 509 g/mol. The van der Waals surface area contributed by atoms with Crippen molar-refractivity contribution in [2.24, 2.45) is 0 Å². The number of methoxy groups -OCH3 is 1. The summed E-state index contributed by atoms with van der Waals surface area (Å²) in [7, 11) is -2.35. The molecule has 1 aliphatic rings. The highest BCUT2D eigenvalue weighted by Crippen LogP contribution is 2.45. The van der Waals surface area contributed by atoms with Crippen molar-refractivity contribution in [2.45, 2.75) is 33.0 Å². The molecule has 9 heteroatoms. The average Bonchev–Trinajstić information content (AvgIpc) is 3.07. The third-order valence-electron chi connectivity index (χ3n) is 5.53. The largest absolute Gasteiger partial charge is 0.497 e. The number of aryl methyl sites for hydroxylation is 1. The summed E-state index contributed by atoms with van der Waals surface area (Å²) in [4.78, 5) is 17.7. The molecule has 36 heavy (non-hydrogen) atoms. The van der Waals surface area contributed by atoms with Crippen LogP contribution in [-0.4, -0.2) is 38.2 Å². The maximum atomic E-state index is 13.4. The third-order valence-corrected chi connectivity index (χ3v) is 6.02. The van der Waals surface area contributed by atoms with Gasteiger partial charge in [0.15, 0.2) is 11.4 Å². The fourth-order valence-electron chi connectivity index (χ4n) is 3.72. The Labute approximate surface area is 210 Å². The van der Waals surface area contributed by atoms with E-state index in [2.05, 4.69) is 4.98 Å². The van der Waals surface area contributed by atoms with E-state index in [0.29, 0.717) is 28.5 Å². The summed E-state index contributed by atoms with van der Waals surface area (Å²) in [5.74, 6) is 0.988. The maximum Gasteiger partial charge on any atom is 0.306 e. The van der Waals surface area contributed by atoms with Crippen LogP contribution >= 0.6 is 0 Å². The van der Waals surface area contributed by atoms with Crippen molar-refractivity contribution in [1.29, 1.82) is 0 Å². The molecule has 2 heterocycles. The predicted octanol–water partition coefficient (Wildman–Crippen LogP) is 4.56. The summed E-state index contributed by atoms with van der Waals surface area (Å²) in [5.41, 5.74) is 1.72. The molecule has 0 N–H and O–H groups in total. The molecule has 3 aromatic rings. The molecule has 2 aromatic carbocycles. The summed E-state index contributed by atoms with van der Waals surface area (Å²) >= 11 is 0. The molecule has 0 saturated heterocycles. The van der Waals surface area contributed by atoms with Crippen LogP contribution in [0, 0.1) is 6.92 Å². The van der Waals surface area contributed by atoms with Gasteiger partial charge in [0.2, 0.25) is 5.78 Å². The van der Waals surface area contributed by atoms with Gasteiger partial charge in [-0.2, -0.15) is 8.42 Å². The van der Waals surface area contributed by atoms with E-state index in [9.17, 15) is 13.2 Å². The zero-order chi connectivity index (χ0) is 26.1. The molecule has 0 spiro atoms. The van der Waals surface area contributed by atoms with E-state index in [0.717, 1.165) is 11.8 Å². The second-order valence-corrected chi connectivity index (χ2v) is 10.5. The van der Waals surface area contributed by atoms with Gasteiger partial charge >= 0.3 is 10.1 Å². The van der Waals surface area contributed by atoms with Gasteiger partial charge in [-0.25, -0.2) is 0 Å². The Kier molecular flexibility index (Phi) is 6.77. The molecule has 0 saturated carbocycles. The summed E-state index contributed by atoms with van der Waals surface area (Å²) in [6, 6.07) is 15.5. The molecule has 0 amide bonds. The molecule has 4 rings (SSSR count). The van der Waals surface area contributed by atoms with E-state index in [-0.39, 0.29) is 29.3 Å². The molecule has 1 aromatic heterocycles. The lowest BCUT2D eigenvalue weighted by molar-refractivity contribution is -0.125. The molecular weight excluding hydrogens is 482 g/mol. The van der Waals surface area contributed by atoms with Gasteiger partial charge in [0.1, 0.15) is 23.9 Å². The Morgan fingerprint density at radius 2 is 1.69 bits per heavy atom. The van der Waals surface area contributed by atoms with Crippen molar-refractivity contribution in [3.63, 3.8) is 0 Å². The van der Waals surface area contributed by atoms with Gasteiger partial charge in [-0.1, -0.05) is 6.07 Å². The SMILES string of the molecule is COc1ccc(C2=C(c3ccc(OCc4ccc(C)cn4)cc3OS(C)(=O)=O)C(=O)C(C)(C)O2)cc1. The zero-order valence-electron chi connectivity index (χ0n) is 20.7. The van der Waals surface area contributed by atoms with Crippen LogP contribution in [0.15, 0.2) is 60.8 Å². The minimum Gasteiger partial charge on any atom is -0.497 e. The van der Waals surface area contributed by atoms with E-state index >= 15 is 0 Å². The van der Waals surface area contributed by atoms with Crippen LogP contribution in [0.1, 0.15) is 36.2 Å². The van der Waals surface area contributed by atoms with Crippen LogP contribution in [0.2, 0.25) is 0 Å². The van der Waals surface area contributed by atoms with Gasteiger partial charge in [-0.3, -0.25) is 9.78 Å². The maximum absolute atomic E-state index is 13.4. The molecule has 0 aliphatic carbocycles. The Hall–Kier alpha value is -3.85. The smallest absolute Gasteiger partial charge is 0.306 e. The van der Waals surface area contributed by atoms with Crippen molar-refractivity contribution in [3.8, 4) is 17.2 Å². The van der Waals surface area contributed by atoms with Gasteiger partial charge in [-0.15, -0.1) is 0 Å². The first-order valence-corrected chi connectivity index (χ1v) is 13.0. The van der Waals surface area contributed by atoms with Crippen molar-refractivity contribution >= 4 is 27.2 Å². The lowest BCUT2D eigenvalue weighted by Crippen LogP contribution is -2.29. The number of carbonyl (C=O) groups excluding carboxylic acids is 1. The first-order chi connectivity index (χ1) is 17.0. The first-order valence-electron chi connectivity index (χ1n) is 11.2. The Morgan fingerprint density at radius 1 is 1.00 bits per heavy atom. The number of Topliss-reactive ketones (excluding diaryl/α,β-unsaturated/α-hetero) is 1. The average molecular weight is 510 g/mol. The number of hydrogen-bond donors (Lipinski definition) is 0. The Balaban J connectivity index is 1.78. The van der Waals surface area contributed by atoms with Crippen LogP contribution in [0.25, 0.3) is 11.3 Å². The third kappa shape index (κ3) is 5.52. The second kappa shape index (κ2) is 9.66. The highest BCUT2D eigenvalue weighted by molar-refractivity contribution is 7.86. The van der Waals surface area contributed by atoms with E-state index in [1.807, 2.05) is 19.1 Å². The highest BCUT2D eigenvalue weighted by Gasteiger charge is 2.44. The highest BCUT2D eigenvalue weighted by atomic mass is 32.2. The number of ether oxygens (including phenoxy) is 3. The number of aromatic nitrogens is 1. The fraction of sp³-hybridized carbons (Fsp3) is 0.259. The number of ketones is 1. The van der Waals surface area contributed by atoms with Crippen molar-refractivity contribution in [2.75, 3.05) is 13.4 Å². The predicted molar refractivity (Wildman–Crippen MR) is 135 cm³/mol. The minimum atomic E-state index is -3.91. The van der Waals surface area contributed by atoms with Crippen LogP contribution in [0.3, 0.4) is 0 Å². The minimum absolute atomic E-state index is 0.0393. The summed E-state index contributed by atoms with van der Waals surface area (Å²) in [6.07, 6.45) is 2.68. The second-order valence-electron chi connectivity index (χ2n) is 8.94. The van der Waals surface area contributed by atoms with Crippen LogP contribution in [0.4, 0.5) is 0 Å². The zero-order valence-corrected chi connectivity index (χ0v) is 21.5. The molecule has 0 atom stereocenters. The topological polar surface area (TPSA) is 101 Å². The van der Waals surface area contributed by atoms with Crippen molar-refractivity contribution < 1.29 is 31.6 Å². The quantitative estimate of drug-likeness (QED) is 0.407. The standard InChI is InChI=1S/C27H27NO7S/c1-17-6-9-19(28-15-17)16-33-21-12-13-22(23(14-21)35-36(5,30)31)24-25(34-27(2,3)26(24)29)18-7-10-20(32-4)11-8-18/h6-15H,16H2,1-5H3. The van der Waals surface area contributed by atoms with E-state index in [1.54, 1.807) is 63.6 Å². The number of carbonyl (C=O) groups is 1. The fourth-order valence-corrected chi connectivity index (χ4v) is 4.18. The van der Waals surface area contributed by atoms with Gasteiger partial charge in [0, 0.05) is 23.4 Å². The first kappa shape index (κ1) is 25.2. The van der Waals surface area contributed by atoms with E-state index in [1.165, 1.54) is 6.07 Å². The molecule has 1 aliphatic heterocycles. The van der Waals surface area contributed by atoms with Crippen LogP contribution in [0.5, 0.6) is 17.2 Å². The van der Waals surface area contributed by atoms with Crippen molar-refractivity contribution in [3.05, 3.63) is 83.2 Å². The Bertz CT molecular complexity index is 1420. The normalized spacial score (nSPS) is 15.0. The molecule has 0 fully saturated rings. The van der Waals surface area contributed by atoms with Gasteiger partial charge in [0.25, 0.3) is 0 Å². The van der Waals surface area contributed by atoms with Gasteiger partial charge in [-0.05, 0) is 68.8 Å². The number of hydrogen-bond acceptors (Lipinski definition) is 8. The molecule has 0 unspecified atom stereocenters. The van der Waals surface area contributed by atoms with Crippen molar-refractivity contribution in [1.82, 2.24) is 4.98 Å². The molecule has 8 nitrogen and oxygen atoms in total. The van der Waals surface area contributed by atoms with E-state index < -0.39 is 15.7 Å². The number of nitrogens with zero attached hydrogens (tertiary/aromatic N) is 1. The number of rotatable bonds is 8. The summed E-state index contributed by atoms with van der Waals surface area (Å²) in [6.45, 7) is 5.44. The van der Waals surface area contributed by atoms with Gasteiger partial charge in [0.05, 0.1) is 24.6 Å². The summed E-state index contributed by atoms with van der Waals surface area (Å²) in [5, 5.41) is 0. The van der Waals surface area contributed by atoms with Crippen LogP contribution in [-0.2, 0) is 26.3 Å².